The minimum atomic E-state index is -0.233. The van der Waals surface area contributed by atoms with Gasteiger partial charge in [0, 0.05) is 32.0 Å². The van der Waals surface area contributed by atoms with Crippen LogP contribution < -0.4 is 10.2 Å². The molecule has 1 aromatic carbocycles. The monoisotopic (exact) mass is 334 g/mol. The van der Waals surface area contributed by atoms with Gasteiger partial charge < -0.3 is 15.3 Å². The zero-order valence-electron chi connectivity index (χ0n) is 14.7. The van der Waals surface area contributed by atoms with E-state index in [2.05, 4.69) is 29.2 Å². The van der Waals surface area contributed by atoms with Crippen LogP contribution in [0, 0.1) is 11.7 Å². The highest BCUT2D eigenvalue weighted by molar-refractivity contribution is 5.55. The maximum Gasteiger partial charge on any atom is 0.123 e. The molecule has 2 aromatic rings. The van der Waals surface area contributed by atoms with Crippen molar-refractivity contribution in [3.05, 3.63) is 42.0 Å². The van der Waals surface area contributed by atoms with Crippen molar-refractivity contribution in [3.8, 4) is 0 Å². The zero-order chi connectivity index (χ0) is 17.5. The molecule has 24 heavy (non-hydrogen) atoms. The average molecular weight is 334 g/mol. The van der Waals surface area contributed by atoms with Crippen LogP contribution in [-0.2, 0) is 13.1 Å². The fourth-order valence-electron chi connectivity index (χ4n) is 2.64. The lowest BCUT2D eigenvalue weighted by atomic mass is 10.1. The van der Waals surface area contributed by atoms with E-state index in [0.717, 1.165) is 29.9 Å². The smallest absolute Gasteiger partial charge is 0.123 e. The van der Waals surface area contributed by atoms with Gasteiger partial charge in [0.1, 0.15) is 5.82 Å². The second kappa shape index (κ2) is 8.68. The molecule has 0 amide bonds. The van der Waals surface area contributed by atoms with Crippen LogP contribution in [0.25, 0.3) is 0 Å². The van der Waals surface area contributed by atoms with Gasteiger partial charge >= 0.3 is 0 Å². The zero-order valence-corrected chi connectivity index (χ0v) is 14.7. The molecule has 1 atom stereocenters. The van der Waals surface area contributed by atoms with Gasteiger partial charge in [-0.25, -0.2) is 4.39 Å². The van der Waals surface area contributed by atoms with Crippen molar-refractivity contribution in [2.75, 3.05) is 30.4 Å². The maximum absolute atomic E-state index is 13.7. The summed E-state index contributed by atoms with van der Waals surface area (Å²) in [6.07, 6.45) is 4.65. The van der Waals surface area contributed by atoms with Gasteiger partial charge in [0.05, 0.1) is 25.0 Å². The van der Waals surface area contributed by atoms with Crippen molar-refractivity contribution < 1.29 is 9.50 Å². The SMILES string of the molecule is CCC(C)CN(C)c1ccc(F)cc1CNc1cnn(CCO)c1. The Morgan fingerprint density at radius 2 is 2.21 bits per heavy atom. The Bertz CT molecular complexity index is 644. The molecule has 0 radical (unpaired) electrons. The van der Waals surface area contributed by atoms with Crippen molar-refractivity contribution in [2.24, 2.45) is 5.92 Å². The molecular weight excluding hydrogens is 307 g/mol. The van der Waals surface area contributed by atoms with Gasteiger partial charge in [0.25, 0.3) is 0 Å². The van der Waals surface area contributed by atoms with Crippen LogP contribution in [0.1, 0.15) is 25.8 Å². The van der Waals surface area contributed by atoms with E-state index < -0.39 is 0 Å². The average Bonchev–Trinajstić information content (AvgIpc) is 3.00. The van der Waals surface area contributed by atoms with E-state index >= 15 is 0 Å². The van der Waals surface area contributed by atoms with Crippen molar-refractivity contribution in [2.45, 2.75) is 33.4 Å². The molecule has 0 fully saturated rings. The normalized spacial score (nSPS) is 12.2. The van der Waals surface area contributed by atoms with Gasteiger partial charge in [-0.15, -0.1) is 0 Å². The molecule has 0 aliphatic heterocycles. The van der Waals surface area contributed by atoms with E-state index in [0.29, 0.717) is 19.0 Å². The lowest BCUT2D eigenvalue weighted by Crippen LogP contribution is -2.25. The standard InChI is InChI=1S/C18H27FN4O/c1-4-14(2)12-22(3)18-6-5-16(19)9-15(18)10-20-17-11-21-23(13-17)7-8-24/h5-6,9,11,13-14,20,24H,4,7-8,10,12H2,1-3H3. The highest BCUT2D eigenvalue weighted by Gasteiger charge is 2.11. The lowest BCUT2D eigenvalue weighted by Gasteiger charge is -2.25. The summed E-state index contributed by atoms with van der Waals surface area (Å²) in [5.41, 5.74) is 2.80. The molecule has 1 aromatic heterocycles. The molecule has 0 saturated heterocycles. The summed E-state index contributed by atoms with van der Waals surface area (Å²) >= 11 is 0. The van der Waals surface area contributed by atoms with Gasteiger partial charge in [-0.3, -0.25) is 4.68 Å². The first-order valence-electron chi connectivity index (χ1n) is 8.40. The van der Waals surface area contributed by atoms with E-state index in [1.807, 2.05) is 19.3 Å². The number of hydrogen-bond acceptors (Lipinski definition) is 4. The lowest BCUT2D eigenvalue weighted by molar-refractivity contribution is 0.269. The summed E-state index contributed by atoms with van der Waals surface area (Å²) in [7, 11) is 2.04. The molecule has 5 nitrogen and oxygen atoms in total. The van der Waals surface area contributed by atoms with Crippen molar-refractivity contribution in [1.82, 2.24) is 9.78 Å². The number of aromatic nitrogens is 2. The minimum absolute atomic E-state index is 0.0512. The number of aliphatic hydroxyl groups excluding tert-OH is 1. The van der Waals surface area contributed by atoms with Gasteiger partial charge in [-0.05, 0) is 29.7 Å². The highest BCUT2D eigenvalue weighted by Crippen LogP contribution is 2.23. The van der Waals surface area contributed by atoms with Gasteiger partial charge in [-0.1, -0.05) is 20.3 Å². The topological polar surface area (TPSA) is 53.3 Å². The highest BCUT2D eigenvalue weighted by atomic mass is 19.1. The Balaban J connectivity index is 2.08. The van der Waals surface area contributed by atoms with Crippen LogP contribution in [0.4, 0.5) is 15.8 Å². The van der Waals surface area contributed by atoms with Crippen LogP contribution in [0.2, 0.25) is 0 Å². The largest absolute Gasteiger partial charge is 0.394 e. The van der Waals surface area contributed by atoms with E-state index in [4.69, 9.17) is 5.11 Å². The molecule has 1 heterocycles. The Kier molecular flexibility index (Phi) is 6.61. The maximum atomic E-state index is 13.7. The number of nitrogens with one attached hydrogen (secondary N) is 1. The Labute approximate surface area is 143 Å². The molecule has 0 aliphatic rings. The molecule has 132 valence electrons. The molecule has 2 N–H and O–H groups in total. The van der Waals surface area contributed by atoms with E-state index in [9.17, 15) is 4.39 Å². The van der Waals surface area contributed by atoms with Crippen LogP contribution in [0.5, 0.6) is 0 Å². The number of aliphatic hydroxyl groups is 1. The van der Waals surface area contributed by atoms with E-state index in [1.54, 1.807) is 16.9 Å². The summed E-state index contributed by atoms with van der Waals surface area (Å²) in [6, 6.07) is 4.92. The van der Waals surface area contributed by atoms with E-state index in [1.165, 1.54) is 6.07 Å². The van der Waals surface area contributed by atoms with Gasteiger partial charge in [0.15, 0.2) is 0 Å². The summed E-state index contributed by atoms with van der Waals surface area (Å²) in [6.45, 7) is 6.36. The number of benzene rings is 1. The number of hydrogen-bond donors (Lipinski definition) is 2. The van der Waals surface area contributed by atoms with Crippen LogP contribution in [-0.4, -0.2) is 35.1 Å². The minimum Gasteiger partial charge on any atom is -0.394 e. The first kappa shape index (κ1) is 18.3. The summed E-state index contributed by atoms with van der Waals surface area (Å²) in [5.74, 6) is 0.348. The fraction of sp³-hybridized carbons (Fsp3) is 0.500. The summed E-state index contributed by atoms with van der Waals surface area (Å²) in [5, 5.41) is 16.4. The number of nitrogens with zero attached hydrogens (tertiary/aromatic N) is 3. The third-order valence-corrected chi connectivity index (χ3v) is 4.18. The molecule has 1 unspecified atom stereocenters. The Hall–Kier alpha value is -2.08. The molecular formula is C18H27FN4O. The third kappa shape index (κ3) is 4.96. The van der Waals surface area contributed by atoms with Crippen LogP contribution in [0.15, 0.2) is 30.6 Å². The van der Waals surface area contributed by atoms with Crippen LogP contribution >= 0.6 is 0 Å². The number of anilines is 2. The molecule has 6 heteroatoms. The van der Waals surface area contributed by atoms with Crippen molar-refractivity contribution >= 4 is 11.4 Å². The summed E-state index contributed by atoms with van der Waals surface area (Å²) < 4.78 is 15.3. The van der Waals surface area contributed by atoms with Gasteiger partial charge in [-0.2, -0.15) is 5.10 Å². The first-order chi connectivity index (χ1) is 11.5. The first-order valence-corrected chi connectivity index (χ1v) is 8.40. The number of halogens is 1. The third-order valence-electron chi connectivity index (χ3n) is 4.18. The Morgan fingerprint density at radius 3 is 2.92 bits per heavy atom. The fourth-order valence-corrected chi connectivity index (χ4v) is 2.64. The molecule has 0 bridgehead atoms. The predicted molar refractivity (Wildman–Crippen MR) is 95.8 cm³/mol. The summed E-state index contributed by atoms with van der Waals surface area (Å²) in [4.78, 5) is 2.18. The predicted octanol–water partition coefficient (Wildman–Crippen LogP) is 3.11. The van der Waals surface area contributed by atoms with Gasteiger partial charge in [0.2, 0.25) is 0 Å². The van der Waals surface area contributed by atoms with Crippen molar-refractivity contribution in [1.29, 1.82) is 0 Å². The number of rotatable bonds is 9. The molecule has 2 rings (SSSR count). The second-order valence-electron chi connectivity index (χ2n) is 6.24. The quantitative estimate of drug-likeness (QED) is 0.740. The Morgan fingerprint density at radius 1 is 1.42 bits per heavy atom. The second-order valence-corrected chi connectivity index (χ2v) is 6.24. The molecule has 0 saturated carbocycles. The molecule has 0 aliphatic carbocycles. The van der Waals surface area contributed by atoms with Crippen LogP contribution in [0.3, 0.4) is 0 Å². The molecule has 0 spiro atoms. The van der Waals surface area contributed by atoms with E-state index in [-0.39, 0.29) is 12.4 Å². The van der Waals surface area contributed by atoms with Crippen molar-refractivity contribution in [3.63, 3.8) is 0 Å².